The highest BCUT2D eigenvalue weighted by Gasteiger charge is 2.43. The highest BCUT2D eigenvalue weighted by molar-refractivity contribution is 5.94. The van der Waals surface area contributed by atoms with Gasteiger partial charge in [-0.25, -0.2) is 4.68 Å². The first kappa shape index (κ1) is 18.5. The van der Waals surface area contributed by atoms with Crippen molar-refractivity contribution in [2.45, 2.75) is 45.1 Å². The predicted octanol–water partition coefficient (Wildman–Crippen LogP) is 2.90. The van der Waals surface area contributed by atoms with E-state index in [-0.39, 0.29) is 24.4 Å². The number of amides is 1. The number of likely N-dealkylation sites (tertiary alicyclic amines) is 1. The van der Waals surface area contributed by atoms with E-state index in [9.17, 15) is 4.79 Å². The van der Waals surface area contributed by atoms with Gasteiger partial charge in [0, 0.05) is 30.4 Å². The third kappa shape index (κ3) is 2.88. The second kappa shape index (κ2) is 6.95. The number of rotatable bonds is 2. The zero-order chi connectivity index (χ0) is 17.8. The first-order valence-corrected chi connectivity index (χ1v) is 9.85. The molecular weight excluding hydrogens is 360 g/mol. The Labute approximate surface area is 166 Å². The molecule has 1 aromatic heterocycles. The number of aryl methyl sites for hydroxylation is 1. The second-order valence-electron chi connectivity index (χ2n) is 8.20. The smallest absolute Gasteiger partial charge is 0.274 e. The molecule has 0 bridgehead atoms. The van der Waals surface area contributed by atoms with Crippen LogP contribution in [0, 0.1) is 18.8 Å². The fourth-order valence-corrected chi connectivity index (χ4v) is 5.23. The first-order chi connectivity index (χ1) is 12.6. The number of carbonyl (C=O) groups is 1. The molecule has 3 aliphatic rings. The van der Waals surface area contributed by atoms with Crippen LogP contribution >= 0.6 is 12.4 Å². The van der Waals surface area contributed by atoms with Crippen LogP contribution in [-0.4, -0.2) is 39.7 Å². The van der Waals surface area contributed by atoms with Gasteiger partial charge in [-0.3, -0.25) is 4.79 Å². The first-order valence-electron chi connectivity index (χ1n) is 9.85. The fourth-order valence-electron chi connectivity index (χ4n) is 5.23. The zero-order valence-corrected chi connectivity index (χ0v) is 16.5. The van der Waals surface area contributed by atoms with Crippen molar-refractivity contribution >= 4 is 18.3 Å². The summed E-state index contributed by atoms with van der Waals surface area (Å²) in [5, 5.41) is 4.81. The molecule has 6 heteroatoms. The van der Waals surface area contributed by atoms with Crippen molar-refractivity contribution in [2.24, 2.45) is 17.6 Å². The Morgan fingerprint density at radius 1 is 1.19 bits per heavy atom. The molecule has 0 radical (unpaired) electrons. The molecule has 3 atom stereocenters. The van der Waals surface area contributed by atoms with Gasteiger partial charge in [-0.15, -0.1) is 12.4 Å². The molecule has 1 amide bonds. The summed E-state index contributed by atoms with van der Waals surface area (Å²) in [5.41, 5.74) is 11.6. The number of hydrogen-bond donors (Lipinski definition) is 1. The molecule has 1 saturated carbocycles. The maximum absolute atomic E-state index is 13.3. The van der Waals surface area contributed by atoms with E-state index in [1.807, 2.05) is 21.7 Å². The molecule has 27 heavy (non-hydrogen) atoms. The van der Waals surface area contributed by atoms with E-state index in [4.69, 9.17) is 10.8 Å². The molecule has 5 rings (SSSR count). The van der Waals surface area contributed by atoms with Gasteiger partial charge in [0.15, 0.2) is 5.69 Å². The van der Waals surface area contributed by atoms with Crippen LogP contribution in [-0.2, 0) is 12.8 Å². The quantitative estimate of drug-likeness (QED) is 0.863. The number of fused-ring (bicyclic) bond motifs is 2. The van der Waals surface area contributed by atoms with Crippen molar-refractivity contribution in [1.29, 1.82) is 0 Å². The van der Waals surface area contributed by atoms with E-state index >= 15 is 0 Å². The average molecular weight is 387 g/mol. The molecule has 5 nitrogen and oxygen atoms in total. The van der Waals surface area contributed by atoms with E-state index in [1.165, 1.54) is 16.8 Å². The van der Waals surface area contributed by atoms with Gasteiger partial charge in [-0.2, -0.15) is 5.10 Å². The lowest BCUT2D eigenvalue weighted by Gasteiger charge is -2.18. The fraction of sp³-hybridized carbons (Fsp3) is 0.524. The van der Waals surface area contributed by atoms with Gasteiger partial charge in [0.1, 0.15) is 0 Å². The van der Waals surface area contributed by atoms with Crippen LogP contribution in [0.15, 0.2) is 24.3 Å². The van der Waals surface area contributed by atoms with Gasteiger partial charge in [0.25, 0.3) is 5.91 Å². The Morgan fingerprint density at radius 3 is 2.78 bits per heavy atom. The van der Waals surface area contributed by atoms with E-state index < -0.39 is 0 Å². The minimum absolute atomic E-state index is 0. The van der Waals surface area contributed by atoms with Crippen molar-refractivity contribution in [3.05, 3.63) is 46.8 Å². The molecule has 1 saturated heterocycles. The summed E-state index contributed by atoms with van der Waals surface area (Å²) in [5.74, 6) is 1.17. The van der Waals surface area contributed by atoms with E-state index in [0.29, 0.717) is 17.5 Å². The van der Waals surface area contributed by atoms with Crippen molar-refractivity contribution in [3.63, 3.8) is 0 Å². The van der Waals surface area contributed by atoms with Crippen LogP contribution in [0.25, 0.3) is 5.69 Å². The Bertz CT molecular complexity index is 877. The monoisotopic (exact) mass is 386 g/mol. The molecule has 2 heterocycles. The molecule has 144 valence electrons. The molecule has 2 aliphatic carbocycles. The van der Waals surface area contributed by atoms with Gasteiger partial charge >= 0.3 is 0 Å². The van der Waals surface area contributed by atoms with Crippen LogP contribution in [0.5, 0.6) is 0 Å². The largest absolute Gasteiger partial charge is 0.337 e. The predicted molar refractivity (Wildman–Crippen MR) is 108 cm³/mol. The van der Waals surface area contributed by atoms with Crippen molar-refractivity contribution in [2.75, 3.05) is 13.1 Å². The van der Waals surface area contributed by atoms with Crippen LogP contribution in [0.4, 0.5) is 0 Å². The Hall–Kier alpha value is -1.85. The summed E-state index contributed by atoms with van der Waals surface area (Å²) in [6.45, 7) is 3.75. The third-order valence-electron chi connectivity index (χ3n) is 6.68. The molecule has 1 aromatic carbocycles. The number of carbonyl (C=O) groups excluding carboxylic acids is 1. The molecule has 2 fully saturated rings. The lowest BCUT2D eigenvalue weighted by atomic mass is 9.98. The number of nitrogens with two attached hydrogens (primary N) is 1. The Kier molecular flexibility index (Phi) is 4.77. The van der Waals surface area contributed by atoms with Crippen molar-refractivity contribution in [1.82, 2.24) is 14.7 Å². The van der Waals surface area contributed by atoms with E-state index in [1.54, 1.807) is 0 Å². The highest BCUT2D eigenvalue weighted by Crippen LogP contribution is 2.38. The second-order valence-corrected chi connectivity index (χ2v) is 8.20. The molecular formula is C21H27ClN4O. The summed E-state index contributed by atoms with van der Waals surface area (Å²) >= 11 is 0. The van der Waals surface area contributed by atoms with Crippen LogP contribution in [0.2, 0.25) is 0 Å². The molecule has 2 N–H and O–H groups in total. The molecule has 2 aromatic rings. The number of benzene rings is 1. The summed E-state index contributed by atoms with van der Waals surface area (Å²) in [6, 6.07) is 8.53. The number of para-hydroxylation sites is 1. The van der Waals surface area contributed by atoms with Gasteiger partial charge in [0.05, 0.1) is 5.69 Å². The van der Waals surface area contributed by atoms with E-state index in [2.05, 4.69) is 19.1 Å². The van der Waals surface area contributed by atoms with Crippen LogP contribution in [0.3, 0.4) is 0 Å². The topological polar surface area (TPSA) is 64.2 Å². The minimum Gasteiger partial charge on any atom is -0.337 e. The average Bonchev–Trinajstić information content (AvgIpc) is 3.37. The number of hydrogen-bond acceptors (Lipinski definition) is 3. The maximum atomic E-state index is 13.3. The van der Waals surface area contributed by atoms with Gasteiger partial charge in [-0.1, -0.05) is 18.2 Å². The van der Waals surface area contributed by atoms with Crippen molar-refractivity contribution < 1.29 is 4.79 Å². The Morgan fingerprint density at radius 2 is 2.00 bits per heavy atom. The van der Waals surface area contributed by atoms with Gasteiger partial charge in [-0.05, 0) is 62.5 Å². The normalized spacial score (nSPS) is 26.0. The van der Waals surface area contributed by atoms with Crippen molar-refractivity contribution in [3.8, 4) is 5.69 Å². The lowest BCUT2D eigenvalue weighted by molar-refractivity contribution is 0.0772. The summed E-state index contributed by atoms with van der Waals surface area (Å²) in [7, 11) is 0. The maximum Gasteiger partial charge on any atom is 0.274 e. The number of nitrogens with zero attached hydrogens (tertiary/aromatic N) is 3. The molecule has 3 unspecified atom stereocenters. The van der Waals surface area contributed by atoms with Crippen LogP contribution in [0.1, 0.15) is 46.6 Å². The standard InChI is InChI=1S/C21H26N4O.ClH/c1-13-5-2-3-7-18(13)25-19-8-4-6-15(19)20(23-25)21(26)24-11-14-9-10-17(22)16(14)12-24;/h2-3,5,7,14,16-17H,4,6,8-12,22H2,1H3;1H. The Balaban J connectivity index is 0.00000180. The van der Waals surface area contributed by atoms with E-state index in [0.717, 1.165) is 50.9 Å². The van der Waals surface area contributed by atoms with Gasteiger partial charge in [0.2, 0.25) is 0 Å². The summed E-state index contributed by atoms with van der Waals surface area (Å²) in [4.78, 5) is 15.3. The third-order valence-corrected chi connectivity index (χ3v) is 6.68. The van der Waals surface area contributed by atoms with Crippen LogP contribution < -0.4 is 5.73 Å². The molecule has 0 spiro atoms. The number of aromatic nitrogens is 2. The van der Waals surface area contributed by atoms with Gasteiger partial charge < -0.3 is 10.6 Å². The highest BCUT2D eigenvalue weighted by atomic mass is 35.5. The number of halogens is 1. The SMILES string of the molecule is Cc1ccccc1-n1nc(C(=O)N2CC3CCC(N)C3C2)c2c1CCC2.Cl. The summed E-state index contributed by atoms with van der Waals surface area (Å²) < 4.78 is 2.02. The zero-order valence-electron chi connectivity index (χ0n) is 15.7. The molecule has 1 aliphatic heterocycles. The minimum atomic E-state index is 0. The summed E-state index contributed by atoms with van der Waals surface area (Å²) in [6.07, 6.45) is 5.33. The lowest BCUT2D eigenvalue weighted by Crippen LogP contribution is -2.34.